The number of carbonyl (C=O) groups is 2. The van der Waals surface area contributed by atoms with Crippen LogP contribution in [0.2, 0.25) is 0 Å². The number of likely N-dealkylation sites (tertiary alicyclic amines) is 1. The van der Waals surface area contributed by atoms with E-state index in [9.17, 15) is 14.4 Å². The third kappa shape index (κ3) is 3.02. The summed E-state index contributed by atoms with van der Waals surface area (Å²) >= 11 is 0. The number of hydrogen-bond donors (Lipinski definition) is 0. The first-order valence-electron chi connectivity index (χ1n) is 10.4. The lowest BCUT2D eigenvalue weighted by Crippen LogP contribution is -2.52. The van der Waals surface area contributed by atoms with Gasteiger partial charge in [-0.2, -0.15) is 0 Å². The molecule has 150 valence electrons. The molecule has 0 unspecified atom stereocenters. The Labute approximate surface area is 169 Å². The van der Waals surface area contributed by atoms with Crippen LogP contribution in [0.25, 0.3) is 0 Å². The van der Waals surface area contributed by atoms with Gasteiger partial charge in [-0.05, 0) is 42.5 Å². The third-order valence-corrected chi connectivity index (χ3v) is 6.67. The molecule has 2 bridgehead atoms. The highest BCUT2D eigenvalue weighted by Crippen LogP contribution is 2.37. The highest BCUT2D eigenvalue weighted by molar-refractivity contribution is 6.22. The highest BCUT2D eigenvalue weighted by atomic mass is 16.2. The maximum Gasteiger partial charge on any atom is 0.251 e. The molecular formula is C23H25N3O3. The summed E-state index contributed by atoms with van der Waals surface area (Å²) in [6.45, 7) is 4.24. The van der Waals surface area contributed by atoms with Crippen LogP contribution in [-0.2, 0) is 22.6 Å². The summed E-state index contributed by atoms with van der Waals surface area (Å²) in [5.41, 5.74) is 2.96. The number of anilines is 1. The Morgan fingerprint density at radius 2 is 1.76 bits per heavy atom. The molecule has 3 aliphatic heterocycles. The number of hydrogen-bond acceptors (Lipinski definition) is 4. The van der Waals surface area contributed by atoms with Crippen LogP contribution in [0.15, 0.2) is 47.3 Å². The van der Waals surface area contributed by atoms with E-state index in [1.165, 1.54) is 10.5 Å². The second-order valence-electron chi connectivity index (χ2n) is 8.46. The van der Waals surface area contributed by atoms with Gasteiger partial charge in [-0.25, -0.2) is 4.90 Å². The third-order valence-electron chi connectivity index (χ3n) is 6.67. The van der Waals surface area contributed by atoms with Crippen molar-refractivity contribution in [3.05, 3.63) is 64.1 Å². The van der Waals surface area contributed by atoms with Gasteiger partial charge in [-0.3, -0.25) is 19.3 Å². The summed E-state index contributed by atoms with van der Waals surface area (Å²) in [4.78, 5) is 41.7. The van der Waals surface area contributed by atoms with Crippen molar-refractivity contribution in [1.29, 1.82) is 0 Å². The Balaban J connectivity index is 1.39. The van der Waals surface area contributed by atoms with Crippen molar-refractivity contribution in [2.75, 3.05) is 18.0 Å². The molecule has 1 aromatic heterocycles. The van der Waals surface area contributed by atoms with E-state index in [2.05, 4.69) is 11.8 Å². The molecule has 3 aliphatic rings. The molecule has 29 heavy (non-hydrogen) atoms. The van der Waals surface area contributed by atoms with Crippen molar-refractivity contribution in [2.45, 2.75) is 44.7 Å². The molecule has 0 aliphatic carbocycles. The van der Waals surface area contributed by atoms with E-state index in [0.29, 0.717) is 24.7 Å². The van der Waals surface area contributed by atoms with Gasteiger partial charge in [0.15, 0.2) is 0 Å². The molecule has 0 N–H and O–H groups in total. The maximum absolute atomic E-state index is 13.2. The minimum Gasteiger partial charge on any atom is -0.312 e. The number of pyridine rings is 1. The first-order chi connectivity index (χ1) is 14.0. The van der Waals surface area contributed by atoms with Gasteiger partial charge < -0.3 is 4.57 Å². The topological polar surface area (TPSA) is 62.6 Å². The van der Waals surface area contributed by atoms with Crippen molar-refractivity contribution < 1.29 is 9.59 Å². The number of benzene rings is 1. The number of fused-ring (bicyclic) bond motifs is 4. The lowest BCUT2D eigenvalue weighted by atomic mass is 9.82. The first-order valence-corrected chi connectivity index (χ1v) is 10.4. The largest absolute Gasteiger partial charge is 0.312 e. The van der Waals surface area contributed by atoms with Crippen LogP contribution in [0.5, 0.6) is 0 Å². The SMILES string of the molecule is CCc1ccc(N2C(=O)C[C@@H](N3C[C@H]4C[C@H](C3)c3cccc(=O)n3C4)C2=O)cc1. The summed E-state index contributed by atoms with van der Waals surface area (Å²) in [6, 6.07) is 12.7. The Bertz CT molecular complexity index is 1030. The van der Waals surface area contributed by atoms with Crippen LogP contribution >= 0.6 is 0 Å². The molecule has 4 heterocycles. The van der Waals surface area contributed by atoms with E-state index >= 15 is 0 Å². The first kappa shape index (κ1) is 18.3. The number of piperidine rings is 1. The predicted molar refractivity (Wildman–Crippen MR) is 110 cm³/mol. The molecule has 6 nitrogen and oxygen atoms in total. The molecular weight excluding hydrogens is 366 g/mol. The zero-order chi connectivity index (χ0) is 20.1. The predicted octanol–water partition coefficient (Wildman–Crippen LogP) is 2.16. The quantitative estimate of drug-likeness (QED) is 0.753. The number of amides is 2. The zero-order valence-corrected chi connectivity index (χ0v) is 16.6. The van der Waals surface area contributed by atoms with E-state index in [-0.39, 0.29) is 29.7 Å². The molecule has 2 amide bonds. The lowest BCUT2D eigenvalue weighted by Gasteiger charge is -2.44. The summed E-state index contributed by atoms with van der Waals surface area (Å²) in [7, 11) is 0. The Kier molecular flexibility index (Phi) is 4.39. The van der Waals surface area contributed by atoms with Crippen molar-refractivity contribution in [3.63, 3.8) is 0 Å². The molecule has 1 aromatic carbocycles. The summed E-state index contributed by atoms with van der Waals surface area (Å²) < 4.78 is 1.89. The van der Waals surface area contributed by atoms with Gasteiger partial charge in [-0.1, -0.05) is 25.1 Å². The molecule has 2 saturated heterocycles. The molecule has 0 spiro atoms. The van der Waals surface area contributed by atoms with Crippen molar-refractivity contribution in [3.8, 4) is 0 Å². The van der Waals surface area contributed by atoms with Gasteiger partial charge in [0.25, 0.3) is 11.5 Å². The average molecular weight is 391 g/mol. The number of rotatable bonds is 3. The zero-order valence-electron chi connectivity index (χ0n) is 16.6. The highest BCUT2D eigenvalue weighted by Gasteiger charge is 2.46. The van der Waals surface area contributed by atoms with Crippen LogP contribution in [0.1, 0.15) is 36.9 Å². The van der Waals surface area contributed by atoms with Crippen molar-refractivity contribution in [2.24, 2.45) is 5.92 Å². The number of aryl methyl sites for hydroxylation is 1. The second-order valence-corrected chi connectivity index (χ2v) is 8.46. The molecule has 2 fully saturated rings. The molecule has 0 radical (unpaired) electrons. The van der Waals surface area contributed by atoms with Gasteiger partial charge in [0.1, 0.15) is 0 Å². The average Bonchev–Trinajstić information content (AvgIpc) is 3.03. The Morgan fingerprint density at radius 3 is 2.52 bits per heavy atom. The summed E-state index contributed by atoms with van der Waals surface area (Å²) in [5.74, 6) is 0.320. The van der Waals surface area contributed by atoms with E-state index < -0.39 is 6.04 Å². The molecule has 5 rings (SSSR count). The monoisotopic (exact) mass is 391 g/mol. The number of nitrogens with zero attached hydrogens (tertiary/aromatic N) is 3. The summed E-state index contributed by atoms with van der Waals surface area (Å²) in [6.07, 6.45) is 2.19. The molecule has 6 heteroatoms. The van der Waals surface area contributed by atoms with Crippen LogP contribution in [0, 0.1) is 5.92 Å². The Morgan fingerprint density at radius 1 is 0.966 bits per heavy atom. The number of imide groups is 1. The summed E-state index contributed by atoms with van der Waals surface area (Å²) in [5, 5.41) is 0. The minimum absolute atomic E-state index is 0.0551. The smallest absolute Gasteiger partial charge is 0.251 e. The van der Waals surface area contributed by atoms with Crippen molar-refractivity contribution >= 4 is 17.5 Å². The number of aromatic nitrogens is 1. The van der Waals surface area contributed by atoms with E-state index in [1.807, 2.05) is 41.0 Å². The van der Waals surface area contributed by atoms with Crippen LogP contribution in [0.3, 0.4) is 0 Å². The van der Waals surface area contributed by atoms with Crippen LogP contribution < -0.4 is 10.5 Å². The van der Waals surface area contributed by atoms with Gasteiger partial charge in [0.05, 0.1) is 18.2 Å². The maximum atomic E-state index is 13.2. The normalized spacial score (nSPS) is 26.7. The van der Waals surface area contributed by atoms with Gasteiger partial charge in [0, 0.05) is 37.3 Å². The Hall–Kier alpha value is -2.73. The fourth-order valence-electron chi connectivity index (χ4n) is 5.24. The van der Waals surface area contributed by atoms with Crippen LogP contribution in [0.4, 0.5) is 5.69 Å². The second kappa shape index (κ2) is 6.95. The van der Waals surface area contributed by atoms with Gasteiger partial charge in [-0.15, -0.1) is 0 Å². The molecule has 0 saturated carbocycles. The minimum atomic E-state index is -0.402. The lowest BCUT2D eigenvalue weighted by molar-refractivity contribution is -0.123. The van der Waals surface area contributed by atoms with Gasteiger partial charge in [0.2, 0.25) is 5.91 Å². The standard InChI is InChI=1S/C23H25N3O3/c1-2-15-6-8-18(9-7-15)26-22(28)11-20(23(26)29)24-12-16-10-17(14-24)19-4-3-5-21(27)25(19)13-16/h3-9,16-17,20H,2,10-14H2,1H3/t16-,17-,20-/m1/s1. The van der Waals surface area contributed by atoms with Crippen molar-refractivity contribution in [1.82, 2.24) is 9.47 Å². The number of carbonyl (C=O) groups excluding carboxylic acids is 2. The molecule has 3 atom stereocenters. The fraction of sp³-hybridized carbons (Fsp3) is 0.435. The fourth-order valence-corrected chi connectivity index (χ4v) is 5.24. The van der Waals surface area contributed by atoms with E-state index in [1.54, 1.807) is 6.07 Å². The van der Waals surface area contributed by atoms with E-state index in [0.717, 1.165) is 25.1 Å². The van der Waals surface area contributed by atoms with Crippen LogP contribution in [-0.4, -0.2) is 40.4 Å². The van der Waals surface area contributed by atoms with E-state index in [4.69, 9.17) is 0 Å². The van der Waals surface area contributed by atoms with Gasteiger partial charge >= 0.3 is 0 Å². The molecule has 2 aromatic rings.